The first-order valence-electron chi connectivity index (χ1n) is 7.09. The number of aliphatic carboxylic acids is 1. The molecular weight excluding hydrogens is 294 g/mol. The van der Waals surface area contributed by atoms with Crippen molar-refractivity contribution in [2.24, 2.45) is 0 Å². The molecule has 0 aliphatic carbocycles. The summed E-state index contributed by atoms with van der Waals surface area (Å²) < 4.78 is 5.56. The van der Waals surface area contributed by atoms with Gasteiger partial charge in [-0.3, -0.25) is 4.79 Å². The van der Waals surface area contributed by atoms with Crippen molar-refractivity contribution in [3.05, 3.63) is 65.2 Å². The van der Waals surface area contributed by atoms with Crippen LogP contribution >= 0.6 is 0 Å². The quantitative estimate of drug-likeness (QED) is 0.483. The molecule has 23 heavy (non-hydrogen) atoms. The summed E-state index contributed by atoms with van der Waals surface area (Å²) in [5, 5.41) is 17.3. The minimum atomic E-state index is -1.47. The molecule has 0 aliphatic heterocycles. The molecule has 5 heteroatoms. The van der Waals surface area contributed by atoms with Crippen molar-refractivity contribution in [1.82, 2.24) is 0 Å². The highest BCUT2D eigenvalue weighted by Crippen LogP contribution is 2.14. The molecule has 0 saturated carbocycles. The van der Waals surface area contributed by atoms with Crippen molar-refractivity contribution >= 4 is 11.8 Å². The maximum Gasteiger partial charge on any atom is 0.377 e. The van der Waals surface area contributed by atoms with Gasteiger partial charge >= 0.3 is 5.97 Å². The number of carboxylic acid groups (broad SMARTS) is 1. The molecule has 0 saturated heterocycles. The van der Waals surface area contributed by atoms with Crippen LogP contribution in [0.15, 0.2) is 48.5 Å². The lowest BCUT2D eigenvalue weighted by Gasteiger charge is -2.07. The van der Waals surface area contributed by atoms with E-state index in [1.165, 1.54) is 12.1 Å². The zero-order valence-electron chi connectivity index (χ0n) is 12.4. The molecule has 2 aromatic carbocycles. The molecule has 0 radical (unpaired) electrons. The fraction of sp³-hybridized carbons (Fsp3) is 0.167. The first-order chi connectivity index (χ1) is 11.1. The molecule has 0 aliphatic rings. The third kappa shape index (κ3) is 4.68. The largest absolute Gasteiger partial charge is 0.494 e. The van der Waals surface area contributed by atoms with E-state index in [4.69, 9.17) is 15.1 Å². The monoisotopic (exact) mass is 309 g/mol. The second-order valence-corrected chi connectivity index (χ2v) is 4.92. The predicted octanol–water partition coefficient (Wildman–Crippen LogP) is 2.84. The number of aryl methyl sites for hydroxylation is 1. The van der Waals surface area contributed by atoms with Gasteiger partial charge in [-0.25, -0.2) is 4.79 Å². The van der Waals surface area contributed by atoms with Crippen LogP contribution in [-0.4, -0.2) is 23.5 Å². The minimum Gasteiger partial charge on any atom is -0.494 e. The fourth-order valence-corrected chi connectivity index (χ4v) is 2.04. The molecule has 0 aromatic heterocycles. The molecule has 0 fully saturated rings. The Morgan fingerprint density at radius 2 is 1.70 bits per heavy atom. The van der Waals surface area contributed by atoms with Gasteiger partial charge in [-0.2, -0.15) is 5.26 Å². The Kier molecular flexibility index (Phi) is 5.48. The number of nitrogens with zero attached hydrogens (tertiary/aromatic N) is 1. The third-order valence-corrected chi connectivity index (χ3v) is 3.27. The van der Waals surface area contributed by atoms with Gasteiger partial charge in [-0.05, 0) is 54.8 Å². The molecule has 2 aromatic rings. The topological polar surface area (TPSA) is 87.4 Å². The Balaban J connectivity index is 1.79. The summed E-state index contributed by atoms with van der Waals surface area (Å²) in [7, 11) is 0. The van der Waals surface area contributed by atoms with Gasteiger partial charge in [-0.15, -0.1) is 0 Å². The smallest absolute Gasteiger partial charge is 0.377 e. The van der Waals surface area contributed by atoms with E-state index in [2.05, 4.69) is 6.07 Å². The minimum absolute atomic E-state index is 0.127. The summed E-state index contributed by atoms with van der Waals surface area (Å²) in [6.45, 7) is 0.506. The molecule has 2 rings (SSSR count). The lowest BCUT2D eigenvalue weighted by atomic mass is 10.1. The lowest BCUT2D eigenvalue weighted by molar-refractivity contribution is -0.131. The Bertz CT molecular complexity index is 727. The van der Waals surface area contributed by atoms with E-state index < -0.39 is 11.8 Å². The van der Waals surface area contributed by atoms with Crippen LogP contribution in [-0.2, 0) is 11.2 Å². The number of hydrogen-bond donors (Lipinski definition) is 1. The van der Waals surface area contributed by atoms with Gasteiger partial charge in [0, 0.05) is 5.56 Å². The van der Waals surface area contributed by atoms with Crippen molar-refractivity contribution in [1.29, 1.82) is 5.26 Å². The van der Waals surface area contributed by atoms with Crippen LogP contribution in [0.5, 0.6) is 5.75 Å². The number of hydrogen-bond acceptors (Lipinski definition) is 4. The Hall–Kier alpha value is -3.13. The zero-order chi connectivity index (χ0) is 16.7. The summed E-state index contributed by atoms with van der Waals surface area (Å²) in [6, 6.07) is 15.5. The number of Topliss-reactive ketones (excluding diaryl/α,β-unsaturated/α-hetero) is 1. The highest BCUT2D eigenvalue weighted by molar-refractivity contribution is 6.39. The first kappa shape index (κ1) is 16.2. The van der Waals surface area contributed by atoms with Crippen LogP contribution in [0, 0.1) is 11.3 Å². The standard InChI is InChI=1S/C18H15NO4/c19-12-14-5-3-13(4-6-14)2-1-11-23-16-9-7-15(8-10-16)17(20)18(21)22/h3-10H,1-2,11H2,(H,21,22). The first-order valence-corrected chi connectivity index (χ1v) is 7.09. The Morgan fingerprint density at radius 1 is 1.04 bits per heavy atom. The molecule has 1 N–H and O–H groups in total. The van der Waals surface area contributed by atoms with E-state index in [9.17, 15) is 9.59 Å². The van der Waals surface area contributed by atoms with Crippen LogP contribution in [0.25, 0.3) is 0 Å². The van der Waals surface area contributed by atoms with E-state index in [0.717, 1.165) is 18.4 Å². The van der Waals surface area contributed by atoms with E-state index in [1.54, 1.807) is 24.3 Å². The van der Waals surface area contributed by atoms with Crippen molar-refractivity contribution in [3.63, 3.8) is 0 Å². The van der Waals surface area contributed by atoms with Crippen LogP contribution in [0.1, 0.15) is 27.9 Å². The molecule has 0 unspecified atom stereocenters. The number of carbonyl (C=O) groups is 2. The normalized spacial score (nSPS) is 9.87. The van der Waals surface area contributed by atoms with Crippen LogP contribution < -0.4 is 4.74 Å². The number of ketones is 1. The van der Waals surface area contributed by atoms with E-state index >= 15 is 0 Å². The van der Waals surface area contributed by atoms with Crippen molar-refractivity contribution in [2.45, 2.75) is 12.8 Å². The van der Waals surface area contributed by atoms with Crippen molar-refractivity contribution in [2.75, 3.05) is 6.61 Å². The van der Waals surface area contributed by atoms with Gasteiger partial charge in [0.25, 0.3) is 5.78 Å². The summed E-state index contributed by atoms with van der Waals surface area (Å²) >= 11 is 0. The van der Waals surface area contributed by atoms with E-state index in [1.807, 2.05) is 12.1 Å². The molecule has 5 nitrogen and oxygen atoms in total. The van der Waals surface area contributed by atoms with Crippen LogP contribution in [0.4, 0.5) is 0 Å². The van der Waals surface area contributed by atoms with Crippen LogP contribution in [0.2, 0.25) is 0 Å². The number of rotatable bonds is 7. The van der Waals surface area contributed by atoms with Gasteiger partial charge in [-0.1, -0.05) is 12.1 Å². The summed E-state index contributed by atoms with van der Waals surface area (Å²) in [5.74, 6) is -1.81. The molecule has 0 heterocycles. The molecule has 0 spiro atoms. The average Bonchev–Trinajstić information content (AvgIpc) is 2.59. The number of carbonyl (C=O) groups excluding carboxylic acids is 1. The maximum absolute atomic E-state index is 11.3. The molecule has 0 atom stereocenters. The van der Waals surface area contributed by atoms with Gasteiger partial charge in [0.1, 0.15) is 5.75 Å². The second-order valence-electron chi connectivity index (χ2n) is 4.92. The molecule has 116 valence electrons. The highest BCUT2D eigenvalue weighted by Gasteiger charge is 2.13. The lowest BCUT2D eigenvalue weighted by Crippen LogP contribution is -2.12. The van der Waals surface area contributed by atoms with Gasteiger partial charge in [0.05, 0.1) is 18.2 Å². The number of ether oxygens (including phenoxy) is 1. The number of nitriles is 1. The van der Waals surface area contributed by atoms with Gasteiger partial charge in [0.15, 0.2) is 0 Å². The molecular formula is C18H15NO4. The van der Waals surface area contributed by atoms with Crippen molar-refractivity contribution < 1.29 is 19.4 Å². The second kappa shape index (κ2) is 7.76. The average molecular weight is 309 g/mol. The van der Waals surface area contributed by atoms with Gasteiger partial charge < -0.3 is 9.84 Å². The Labute approximate surface area is 133 Å². The zero-order valence-corrected chi connectivity index (χ0v) is 12.4. The summed E-state index contributed by atoms with van der Waals surface area (Å²) in [5.41, 5.74) is 1.90. The highest BCUT2D eigenvalue weighted by atomic mass is 16.5. The SMILES string of the molecule is N#Cc1ccc(CCCOc2ccc(C(=O)C(=O)O)cc2)cc1. The summed E-state index contributed by atoms with van der Waals surface area (Å²) in [4.78, 5) is 21.8. The Morgan fingerprint density at radius 3 is 2.26 bits per heavy atom. The van der Waals surface area contributed by atoms with Crippen molar-refractivity contribution in [3.8, 4) is 11.8 Å². The maximum atomic E-state index is 11.3. The molecule has 0 bridgehead atoms. The van der Waals surface area contributed by atoms with Crippen LogP contribution in [0.3, 0.4) is 0 Å². The number of benzene rings is 2. The molecule has 0 amide bonds. The van der Waals surface area contributed by atoms with Gasteiger partial charge in [0.2, 0.25) is 0 Å². The fourth-order valence-electron chi connectivity index (χ4n) is 2.04. The summed E-state index contributed by atoms with van der Waals surface area (Å²) in [6.07, 6.45) is 1.64. The third-order valence-electron chi connectivity index (χ3n) is 3.27. The number of carboxylic acids is 1. The van der Waals surface area contributed by atoms with E-state index in [-0.39, 0.29) is 5.56 Å². The predicted molar refractivity (Wildman–Crippen MR) is 83.4 cm³/mol. The van der Waals surface area contributed by atoms with E-state index in [0.29, 0.717) is 17.9 Å².